The molecule has 98 valence electrons. The molecule has 0 spiro atoms. The van der Waals surface area contributed by atoms with Crippen molar-refractivity contribution in [3.8, 4) is 0 Å². The van der Waals surface area contributed by atoms with Crippen molar-refractivity contribution < 1.29 is 8.81 Å². The highest BCUT2D eigenvalue weighted by Crippen LogP contribution is 2.30. The zero-order valence-corrected chi connectivity index (χ0v) is 12.4. The van der Waals surface area contributed by atoms with E-state index in [0.717, 1.165) is 27.7 Å². The molecular weight excluding hydrogens is 297 g/mol. The van der Waals surface area contributed by atoms with Crippen LogP contribution in [0.25, 0.3) is 11.0 Å². The minimum absolute atomic E-state index is 0.322. The van der Waals surface area contributed by atoms with E-state index < -0.39 is 0 Å². The van der Waals surface area contributed by atoms with E-state index >= 15 is 0 Å². The van der Waals surface area contributed by atoms with Gasteiger partial charge in [-0.15, -0.1) is 0 Å². The first-order valence-corrected chi connectivity index (χ1v) is 6.86. The quantitative estimate of drug-likeness (QED) is 0.905. The van der Waals surface area contributed by atoms with Gasteiger partial charge in [0.25, 0.3) is 0 Å². The smallest absolute Gasteiger partial charge is 0.170 e. The van der Waals surface area contributed by atoms with Crippen LogP contribution in [-0.2, 0) is 6.54 Å². The molecule has 1 heterocycles. The Kier molecular flexibility index (Phi) is 4.07. The zero-order valence-electron chi connectivity index (χ0n) is 10.8. The molecule has 0 radical (unpaired) electrons. The minimum Gasteiger partial charge on any atom is -0.456 e. The standard InChI is InChI=1S/C14H17BrFNO/c1-8(2)6-17-7-13-9(3)11-4-10(15)5-12(16)14(11)18-13/h4-5,8,17H,6-7H2,1-3H3. The van der Waals surface area contributed by atoms with Crippen LogP contribution in [0.1, 0.15) is 25.2 Å². The van der Waals surface area contributed by atoms with Crippen LogP contribution in [0, 0.1) is 18.7 Å². The molecule has 4 heteroatoms. The van der Waals surface area contributed by atoms with E-state index in [1.165, 1.54) is 6.07 Å². The monoisotopic (exact) mass is 313 g/mol. The minimum atomic E-state index is -0.322. The van der Waals surface area contributed by atoms with Gasteiger partial charge >= 0.3 is 0 Å². The van der Waals surface area contributed by atoms with Gasteiger partial charge < -0.3 is 9.73 Å². The maximum atomic E-state index is 13.7. The topological polar surface area (TPSA) is 25.2 Å². The van der Waals surface area contributed by atoms with Crippen LogP contribution >= 0.6 is 15.9 Å². The normalized spacial score (nSPS) is 11.7. The Morgan fingerprint density at radius 1 is 1.39 bits per heavy atom. The number of benzene rings is 1. The van der Waals surface area contributed by atoms with Crippen molar-refractivity contribution in [2.75, 3.05) is 6.54 Å². The van der Waals surface area contributed by atoms with Crippen molar-refractivity contribution in [3.05, 3.63) is 33.7 Å². The highest BCUT2D eigenvalue weighted by molar-refractivity contribution is 9.10. The lowest BCUT2D eigenvalue weighted by Crippen LogP contribution is -2.18. The van der Waals surface area contributed by atoms with E-state index in [2.05, 4.69) is 35.1 Å². The molecule has 0 saturated heterocycles. The van der Waals surface area contributed by atoms with Crippen LogP contribution in [0.4, 0.5) is 4.39 Å². The number of hydrogen-bond donors (Lipinski definition) is 1. The maximum Gasteiger partial charge on any atom is 0.170 e. The van der Waals surface area contributed by atoms with Crippen molar-refractivity contribution in [2.24, 2.45) is 5.92 Å². The van der Waals surface area contributed by atoms with E-state index in [4.69, 9.17) is 4.42 Å². The molecule has 0 aliphatic carbocycles. The fourth-order valence-electron chi connectivity index (χ4n) is 1.94. The number of nitrogens with one attached hydrogen (secondary N) is 1. The lowest BCUT2D eigenvalue weighted by Gasteiger charge is -2.05. The molecule has 1 aromatic heterocycles. The summed E-state index contributed by atoms with van der Waals surface area (Å²) in [4.78, 5) is 0. The lowest BCUT2D eigenvalue weighted by molar-refractivity contribution is 0.472. The lowest BCUT2D eigenvalue weighted by atomic mass is 10.1. The summed E-state index contributed by atoms with van der Waals surface area (Å²) in [7, 11) is 0. The van der Waals surface area contributed by atoms with Crippen LogP contribution < -0.4 is 5.32 Å². The van der Waals surface area contributed by atoms with Gasteiger partial charge in [-0.3, -0.25) is 0 Å². The Morgan fingerprint density at radius 3 is 2.78 bits per heavy atom. The van der Waals surface area contributed by atoms with Crippen molar-refractivity contribution in [1.29, 1.82) is 0 Å². The van der Waals surface area contributed by atoms with Gasteiger partial charge in [-0.1, -0.05) is 29.8 Å². The zero-order chi connectivity index (χ0) is 13.3. The van der Waals surface area contributed by atoms with E-state index in [0.29, 0.717) is 18.0 Å². The molecule has 0 bridgehead atoms. The SMILES string of the molecule is Cc1c(CNCC(C)C)oc2c(F)cc(Br)cc12. The molecule has 2 aromatic rings. The number of halogens is 2. The van der Waals surface area contributed by atoms with Crippen LogP contribution in [-0.4, -0.2) is 6.54 Å². The van der Waals surface area contributed by atoms with Gasteiger partial charge in [-0.05, 0) is 37.1 Å². The summed E-state index contributed by atoms with van der Waals surface area (Å²) in [6, 6.07) is 3.32. The predicted octanol–water partition coefficient (Wildman–Crippen LogP) is 4.39. The molecule has 0 fully saturated rings. The third-order valence-corrected chi connectivity index (χ3v) is 3.35. The number of rotatable bonds is 4. The van der Waals surface area contributed by atoms with Gasteiger partial charge in [0.05, 0.1) is 6.54 Å². The summed E-state index contributed by atoms with van der Waals surface area (Å²) in [5.41, 5.74) is 1.35. The Hall–Kier alpha value is -0.870. The summed E-state index contributed by atoms with van der Waals surface area (Å²) in [5, 5.41) is 4.15. The fourth-order valence-corrected chi connectivity index (χ4v) is 2.37. The van der Waals surface area contributed by atoms with Crippen LogP contribution in [0.2, 0.25) is 0 Å². The molecule has 18 heavy (non-hydrogen) atoms. The Morgan fingerprint density at radius 2 is 2.11 bits per heavy atom. The molecule has 0 unspecified atom stereocenters. The van der Waals surface area contributed by atoms with Crippen LogP contribution in [0.15, 0.2) is 21.0 Å². The Bertz CT molecular complexity index is 562. The van der Waals surface area contributed by atoms with Crippen LogP contribution in [0.5, 0.6) is 0 Å². The summed E-state index contributed by atoms with van der Waals surface area (Å²) >= 11 is 3.30. The number of furan rings is 1. The molecule has 0 amide bonds. The number of hydrogen-bond acceptors (Lipinski definition) is 2. The highest BCUT2D eigenvalue weighted by Gasteiger charge is 2.14. The maximum absolute atomic E-state index is 13.7. The average molecular weight is 314 g/mol. The van der Waals surface area contributed by atoms with E-state index in [9.17, 15) is 4.39 Å². The second kappa shape index (κ2) is 5.41. The van der Waals surface area contributed by atoms with E-state index in [1.54, 1.807) is 0 Å². The van der Waals surface area contributed by atoms with Gasteiger partial charge in [-0.2, -0.15) is 0 Å². The van der Waals surface area contributed by atoms with Gasteiger partial charge in [0.2, 0.25) is 0 Å². The Balaban J connectivity index is 2.30. The second-order valence-electron chi connectivity index (χ2n) is 4.94. The molecule has 2 nitrogen and oxygen atoms in total. The average Bonchev–Trinajstić information content (AvgIpc) is 2.57. The highest BCUT2D eigenvalue weighted by atomic mass is 79.9. The van der Waals surface area contributed by atoms with Gasteiger partial charge in [0.1, 0.15) is 5.76 Å². The van der Waals surface area contributed by atoms with Crippen LogP contribution in [0.3, 0.4) is 0 Å². The van der Waals surface area contributed by atoms with Crippen molar-refractivity contribution in [2.45, 2.75) is 27.3 Å². The van der Waals surface area contributed by atoms with Crippen molar-refractivity contribution in [1.82, 2.24) is 5.32 Å². The summed E-state index contributed by atoms with van der Waals surface area (Å²) < 4.78 is 20.1. The Labute approximate surface area is 115 Å². The molecule has 0 atom stereocenters. The fraction of sp³-hybridized carbons (Fsp3) is 0.429. The van der Waals surface area contributed by atoms with Gasteiger partial charge in [-0.25, -0.2) is 4.39 Å². The predicted molar refractivity (Wildman–Crippen MR) is 75.2 cm³/mol. The van der Waals surface area contributed by atoms with E-state index in [1.807, 2.05) is 13.0 Å². The molecule has 1 N–H and O–H groups in total. The third-order valence-electron chi connectivity index (χ3n) is 2.89. The van der Waals surface area contributed by atoms with Gasteiger partial charge in [0.15, 0.2) is 11.4 Å². The summed E-state index contributed by atoms with van der Waals surface area (Å²) in [6.45, 7) is 7.81. The molecular formula is C14H17BrFNO. The molecule has 2 rings (SSSR count). The molecule has 1 aromatic carbocycles. The number of fused-ring (bicyclic) bond motifs is 1. The first-order chi connectivity index (χ1) is 8.49. The van der Waals surface area contributed by atoms with Crippen molar-refractivity contribution in [3.63, 3.8) is 0 Å². The molecule has 0 saturated carbocycles. The van der Waals surface area contributed by atoms with Gasteiger partial charge in [0, 0.05) is 9.86 Å². The molecule has 0 aliphatic heterocycles. The number of aryl methyl sites for hydroxylation is 1. The van der Waals surface area contributed by atoms with E-state index in [-0.39, 0.29) is 5.82 Å². The first kappa shape index (κ1) is 13.6. The molecule has 0 aliphatic rings. The third kappa shape index (κ3) is 2.75. The first-order valence-electron chi connectivity index (χ1n) is 6.06. The second-order valence-corrected chi connectivity index (χ2v) is 5.85. The largest absolute Gasteiger partial charge is 0.456 e. The van der Waals surface area contributed by atoms with Crippen molar-refractivity contribution >= 4 is 26.9 Å². The summed E-state index contributed by atoms with van der Waals surface area (Å²) in [5.74, 6) is 1.07. The summed E-state index contributed by atoms with van der Waals surface area (Å²) in [6.07, 6.45) is 0.